The maximum atomic E-state index is 13.6. The van der Waals surface area contributed by atoms with Crippen molar-refractivity contribution in [2.75, 3.05) is 13.2 Å². The molecule has 0 aliphatic heterocycles. The molecule has 0 unspecified atom stereocenters. The summed E-state index contributed by atoms with van der Waals surface area (Å²) in [5.74, 6) is 0.188. The molecule has 0 saturated heterocycles. The van der Waals surface area contributed by atoms with E-state index in [0.717, 1.165) is 32.1 Å². The molecule has 0 aromatic heterocycles. The molecule has 0 fully saturated rings. The van der Waals surface area contributed by atoms with Gasteiger partial charge in [-0.25, -0.2) is 0 Å². The number of halogens is 2. The number of ether oxygens (including phenoxy) is 1. The van der Waals surface area contributed by atoms with E-state index in [1.165, 1.54) is 0 Å². The van der Waals surface area contributed by atoms with E-state index in [4.69, 9.17) is 4.74 Å². The van der Waals surface area contributed by atoms with E-state index < -0.39 is 6.04 Å². The second-order valence-corrected chi connectivity index (χ2v) is 10.1. The number of hydrogen-bond acceptors (Lipinski definition) is 3. The third-order valence-corrected chi connectivity index (χ3v) is 6.94. The predicted molar refractivity (Wildman–Crippen MR) is 146 cm³/mol. The minimum absolute atomic E-state index is 0.165. The summed E-state index contributed by atoms with van der Waals surface area (Å²) in [6.45, 7) is 4.65. The van der Waals surface area contributed by atoms with Gasteiger partial charge in [-0.2, -0.15) is 0 Å². The molecular formula is C28H30Br2N2O3. The highest BCUT2D eigenvalue weighted by Crippen LogP contribution is 2.22. The van der Waals surface area contributed by atoms with Gasteiger partial charge in [0, 0.05) is 28.5 Å². The number of benzene rings is 3. The third kappa shape index (κ3) is 8.22. The average Bonchev–Trinajstić information content (AvgIpc) is 2.86. The first kappa shape index (κ1) is 27.0. The molecule has 0 heterocycles. The Kier molecular flexibility index (Phi) is 10.4. The van der Waals surface area contributed by atoms with Gasteiger partial charge >= 0.3 is 0 Å². The van der Waals surface area contributed by atoms with Crippen LogP contribution in [0.25, 0.3) is 0 Å². The summed E-state index contributed by atoms with van der Waals surface area (Å²) < 4.78 is 7.75. The van der Waals surface area contributed by atoms with Crippen molar-refractivity contribution in [3.63, 3.8) is 0 Å². The molecule has 0 saturated carbocycles. The molecule has 35 heavy (non-hydrogen) atoms. The van der Waals surface area contributed by atoms with Crippen LogP contribution in [-0.2, 0) is 22.6 Å². The molecule has 3 aromatic carbocycles. The van der Waals surface area contributed by atoms with Gasteiger partial charge in [0.2, 0.25) is 5.91 Å². The summed E-state index contributed by atoms with van der Waals surface area (Å²) in [6, 6.07) is 22.5. The lowest BCUT2D eigenvalue weighted by Gasteiger charge is -2.31. The minimum atomic E-state index is -0.675. The smallest absolute Gasteiger partial charge is 0.261 e. The molecule has 7 heteroatoms. The molecule has 0 spiro atoms. The van der Waals surface area contributed by atoms with Gasteiger partial charge in [0.05, 0.1) is 0 Å². The van der Waals surface area contributed by atoms with Crippen molar-refractivity contribution in [1.82, 2.24) is 10.2 Å². The lowest BCUT2D eigenvalue weighted by molar-refractivity contribution is -0.142. The van der Waals surface area contributed by atoms with Crippen molar-refractivity contribution >= 4 is 43.7 Å². The first-order valence-corrected chi connectivity index (χ1v) is 13.2. The molecule has 1 N–H and O–H groups in total. The highest BCUT2D eigenvalue weighted by Gasteiger charge is 2.30. The average molecular weight is 602 g/mol. The van der Waals surface area contributed by atoms with E-state index in [1.54, 1.807) is 4.90 Å². The van der Waals surface area contributed by atoms with E-state index in [-0.39, 0.29) is 25.0 Å². The zero-order valence-corrected chi connectivity index (χ0v) is 23.1. The standard InChI is InChI=1S/C28H30Br2N2O3/c1-3-14-31-28(34)26(17-21-8-5-4-6-9-21)32(18-22-10-7-11-23(29)16-22)27(33)19-35-24-12-13-25(30)20(2)15-24/h4-13,15-16,26H,3,14,17-19H2,1-2H3,(H,31,34)/t26-/m0/s1. The number of nitrogens with zero attached hydrogens (tertiary/aromatic N) is 1. The summed E-state index contributed by atoms with van der Waals surface area (Å²) in [6.07, 6.45) is 1.23. The van der Waals surface area contributed by atoms with Crippen LogP contribution >= 0.6 is 31.9 Å². The van der Waals surface area contributed by atoms with Crippen LogP contribution in [0, 0.1) is 6.92 Å². The van der Waals surface area contributed by atoms with Crippen molar-refractivity contribution in [3.05, 3.63) is 98.4 Å². The van der Waals surface area contributed by atoms with Crippen molar-refractivity contribution in [2.45, 2.75) is 39.3 Å². The van der Waals surface area contributed by atoms with E-state index in [2.05, 4.69) is 37.2 Å². The van der Waals surface area contributed by atoms with Gasteiger partial charge in [-0.15, -0.1) is 0 Å². The van der Waals surface area contributed by atoms with Crippen LogP contribution in [0.15, 0.2) is 81.7 Å². The summed E-state index contributed by atoms with van der Waals surface area (Å²) in [5, 5.41) is 2.98. The van der Waals surface area contributed by atoms with E-state index >= 15 is 0 Å². The summed E-state index contributed by atoms with van der Waals surface area (Å²) in [5.41, 5.74) is 2.93. The number of carbonyl (C=O) groups excluding carboxylic acids is 2. The maximum Gasteiger partial charge on any atom is 0.261 e. The molecule has 0 aliphatic rings. The van der Waals surface area contributed by atoms with Gasteiger partial charge < -0.3 is 15.0 Å². The molecule has 0 aliphatic carbocycles. The Morgan fingerprint density at radius 3 is 2.40 bits per heavy atom. The Hall–Kier alpha value is -2.64. The lowest BCUT2D eigenvalue weighted by atomic mass is 10.0. The van der Waals surface area contributed by atoms with Crippen LogP contribution in [0.4, 0.5) is 0 Å². The zero-order valence-electron chi connectivity index (χ0n) is 20.0. The van der Waals surface area contributed by atoms with Crippen LogP contribution in [0.1, 0.15) is 30.0 Å². The molecule has 2 amide bonds. The second-order valence-electron chi connectivity index (χ2n) is 8.35. The Balaban J connectivity index is 1.89. The molecule has 184 valence electrons. The van der Waals surface area contributed by atoms with E-state index in [0.29, 0.717) is 18.7 Å². The number of carbonyl (C=O) groups is 2. The summed E-state index contributed by atoms with van der Waals surface area (Å²) in [7, 11) is 0. The van der Waals surface area contributed by atoms with Gasteiger partial charge in [-0.05, 0) is 60.4 Å². The van der Waals surface area contributed by atoms with Crippen LogP contribution in [0.5, 0.6) is 5.75 Å². The molecule has 3 rings (SSSR count). The quantitative estimate of drug-likeness (QED) is 0.290. The number of nitrogens with one attached hydrogen (secondary N) is 1. The first-order valence-electron chi connectivity index (χ1n) is 11.6. The largest absolute Gasteiger partial charge is 0.484 e. The normalized spacial score (nSPS) is 11.5. The number of rotatable bonds is 11. The summed E-state index contributed by atoms with van der Waals surface area (Å²) in [4.78, 5) is 28.5. The second kappa shape index (κ2) is 13.4. The number of hydrogen-bond donors (Lipinski definition) is 1. The SMILES string of the molecule is CCCNC(=O)[C@H](Cc1ccccc1)N(Cc1cccc(Br)c1)C(=O)COc1ccc(Br)c(C)c1. The molecule has 1 atom stereocenters. The van der Waals surface area contributed by atoms with Crippen molar-refractivity contribution in [2.24, 2.45) is 0 Å². The van der Waals surface area contributed by atoms with Gasteiger partial charge in [0.25, 0.3) is 5.91 Å². The summed E-state index contributed by atoms with van der Waals surface area (Å²) >= 11 is 6.99. The Labute approximate surface area is 224 Å². The monoisotopic (exact) mass is 600 g/mol. The van der Waals surface area contributed by atoms with Crippen LogP contribution in [-0.4, -0.2) is 35.9 Å². The van der Waals surface area contributed by atoms with Gasteiger partial charge in [0.15, 0.2) is 6.61 Å². The third-order valence-electron chi connectivity index (χ3n) is 5.55. The zero-order chi connectivity index (χ0) is 25.2. The Bertz CT molecular complexity index is 1140. The number of amides is 2. The van der Waals surface area contributed by atoms with Crippen molar-refractivity contribution in [1.29, 1.82) is 0 Å². The molecule has 0 bridgehead atoms. The van der Waals surface area contributed by atoms with E-state index in [1.807, 2.05) is 86.6 Å². The molecule has 5 nitrogen and oxygen atoms in total. The fourth-order valence-electron chi connectivity index (χ4n) is 3.69. The fourth-order valence-corrected chi connectivity index (χ4v) is 4.38. The topological polar surface area (TPSA) is 58.6 Å². The van der Waals surface area contributed by atoms with Gasteiger partial charge in [-0.1, -0.05) is 81.2 Å². The Morgan fingerprint density at radius 1 is 0.971 bits per heavy atom. The van der Waals surface area contributed by atoms with Gasteiger partial charge in [0.1, 0.15) is 11.8 Å². The number of aryl methyl sites for hydroxylation is 1. The molecular weight excluding hydrogens is 572 g/mol. The van der Waals surface area contributed by atoms with Crippen LogP contribution in [0.3, 0.4) is 0 Å². The molecule has 3 aromatic rings. The fraction of sp³-hybridized carbons (Fsp3) is 0.286. The molecule has 0 radical (unpaired) electrons. The van der Waals surface area contributed by atoms with Crippen LogP contribution < -0.4 is 10.1 Å². The first-order chi connectivity index (χ1) is 16.9. The van der Waals surface area contributed by atoms with Crippen LogP contribution in [0.2, 0.25) is 0 Å². The minimum Gasteiger partial charge on any atom is -0.484 e. The van der Waals surface area contributed by atoms with Crippen molar-refractivity contribution in [3.8, 4) is 5.75 Å². The highest BCUT2D eigenvalue weighted by atomic mass is 79.9. The maximum absolute atomic E-state index is 13.6. The lowest BCUT2D eigenvalue weighted by Crippen LogP contribution is -2.51. The van der Waals surface area contributed by atoms with E-state index in [9.17, 15) is 9.59 Å². The van der Waals surface area contributed by atoms with Gasteiger partial charge in [-0.3, -0.25) is 9.59 Å². The highest BCUT2D eigenvalue weighted by molar-refractivity contribution is 9.10. The Morgan fingerprint density at radius 2 is 1.71 bits per heavy atom. The predicted octanol–water partition coefficient (Wildman–Crippen LogP) is 6.07. The van der Waals surface area contributed by atoms with Crippen molar-refractivity contribution < 1.29 is 14.3 Å².